The highest BCUT2D eigenvalue weighted by Gasteiger charge is 2.30. The van der Waals surface area contributed by atoms with E-state index in [2.05, 4.69) is 25.8 Å². The summed E-state index contributed by atoms with van der Waals surface area (Å²) in [6.45, 7) is 2.41. The number of alkyl halides is 3. The number of hydrogen-bond acceptors (Lipinski definition) is 6. The SMILES string of the molecule is Cc1noc(CCCC(=O)NCCNc2ccc(C(F)(F)F)cn2)n1. The van der Waals surface area contributed by atoms with Gasteiger partial charge in [-0.05, 0) is 25.5 Å². The Kier molecular flexibility index (Phi) is 6.31. The molecule has 0 aromatic carbocycles. The van der Waals surface area contributed by atoms with E-state index >= 15 is 0 Å². The van der Waals surface area contributed by atoms with Crippen LogP contribution in [0, 0.1) is 6.92 Å². The first-order valence-corrected chi connectivity index (χ1v) is 7.67. The number of halogens is 3. The third kappa shape index (κ3) is 6.40. The Bertz CT molecular complexity index is 685. The molecule has 0 saturated heterocycles. The lowest BCUT2D eigenvalue weighted by atomic mass is 10.2. The predicted molar refractivity (Wildman–Crippen MR) is 82.7 cm³/mol. The molecule has 2 N–H and O–H groups in total. The third-order valence-electron chi connectivity index (χ3n) is 3.21. The van der Waals surface area contributed by atoms with Crippen molar-refractivity contribution in [3.05, 3.63) is 35.6 Å². The van der Waals surface area contributed by atoms with Gasteiger partial charge in [-0.3, -0.25) is 4.79 Å². The van der Waals surface area contributed by atoms with Crippen LogP contribution in [0.4, 0.5) is 19.0 Å². The molecule has 1 amide bonds. The molecule has 0 unspecified atom stereocenters. The maximum atomic E-state index is 12.4. The Balaban J connectivity index is 1.59. The van der Waals surface area contributed by atoms with Gasteiger partial charge in [-0.15, -0.1) is 0 Å². The molecule has 0 aliphatic rings. The molecule has 0 radical (unpaired) electrons. The molecule has 136 valence electrons. The van der Waals surface area contributed by atoms with Gasteiger partial charge in [0.2, 0.25) is 11.8 Å². The Hall–Kier alpha value is -2.65. The molecule has 7 nitrogen and oxygen atoms in total. The molecule has 10 heteroatoms. The largest absolute Gasteiger partial charge is 0.417 e. The first kappa shape index (κ1) is 18.7. The van der Waals surface area contributed by atoms with E-state index in [4.69, 9.17) is 4.52 Å². The minimum atomic E-state index is -4.40. The zero-order valence-corrected chi connectivity index (χ0v) is 13.6. The number of aryl methyl sites for hydroxylation is 2. The maximum absolute atomic E-state index is 12.4. The molecule has 2 heterocycles. The van der Waals surface area contributed by atoms with Crippen LogP contribution in [0.2, 0.25) is 0 Å². The first-order valence-electron chi connectivity index (χ1n) is 7.67. The van der Waals surface area contributed by atoms with Gasteiger partial charge in [0, 0.05) is 32.1 Å². The second-order valence-electron chi connectivity index (χ2n) is 5.30. The highest BCUT2D eigenvalue weighted by atomic mass is 19.4. The summed E-state index contributed by atoms with van der Waals surface area (Å²) in [6, 6.07) is 2.20. The van der Waals surface area contributed by atoms with Crippen molar-refractivity contribution >= 4 is 11.7 Å². The van der Waals surface area contributed by atoms with Gasteiger partial charge in [0.15, 0.2) is 5.82 Å². The summed E-state index contributed by atoms with van der Waals surface area (Å²) in [7, 11) is 0. The number of hydrogen-bond donors (Lipinski definition) is 2. The number of aromatic nitrogens is 3. The molecule has 0 spiro atoms. The molecule has 0 aliphatic carbocycles. The van der Waals surface area contributed by atoms with Crippen LogP contribution in [0.15, 0.2) is 22.9 Å². The monoisotopic (exact) mass is 357 g/mol. The lowest BCUT2D eigenvalue weighted by Gasteiger charge is -2.09. The molecule has 0 aliphatic heterocycles. The van der Waals surface area contributed by atoms with Crippen LogP contribution in [0.1, 0.15) is 30.1 Å². The molecular weight excluding hydrogens is 339 g/mol. The van der Waals surface area contributed by atoms with E-state index in [1.807, 2.05) is 0 Å². The van der Waals surface area contributed by atoms with Gasteiger partial charge in [0.25, 0.3) is 0 Å². The maximum Gasteiger partial charge on any atom is 0.417 e. The number of carbonyl (C=O) groups excluding carboxylic acids is 1. The summed E-state index contributed by atoms with van der Waals surface area (Å²) >= 11 is 0. The molecule has 0 atom stereocenters. The molecule has 25 heavy (non-hydrogen) atoms. The van der Waals surface area contributed by atoms with Gasteiger partial charge in [-0.25, -0.2) is 4.98 Å². The molecule has 0 saturated carbocycles. The Morgan fingerprint density at radius 2 is 2.08 bits per heavy atom. The van der Waals surface area contributed by atoms with Crippen LogP contribution in [0.25, 0.3) is 0 Å². The van der Waals surface area contributed by atoms with E-state index < -0.39 is 11.7 Å². The Labute approximate surface area is 142 Å². The van der Waals surface area contributed by atoms with E-state index in [-0.39, 0.29) is 5.91 Å². The average molecular weight is 357 g/mol. The van der Waals surface area contributed by atoms with Crippen molar-refractivity contribution in [2.45, 2.75) is 32.4 Å². The van der Waals surface area contributed by atoms with Crippen LogP contribution in [-0.4, -0.2) is 34.1 Å². The molecule has 0 bridgehead atoms. The second-order valence-corrected chi connectivity index (χ2v) is 5.30. The minimum absolute atomic E-state index is 0.126. The topological polar surface area (TPSA) is 92.9 Å². The minimum Gasteiger partial charge on any atom is -0.368 e. The fourth-order valence-electron chi connectivity index (χ4n) is 1.99. The summed E-state index contributed by atoms with van der Waals surface area (Å²) in [5.41, 5.74) is -0.803. The van der Waals surface area contributed by atoms with Crippen LogP contribution in [0.5, 0.6) is 0 Å². The highest BCUT2D eigenvalue weighted by Crippen LogP contribution is 2.28. The van der Waals surface area contributed by atoms with E-state index in [1.54, 1.807) is 6.92 Å². The van der Waals surface area contributed by atoms with Crippen LogP contribution < -0.4 is 10.6 Å². The summed E-state index contributed by atoms with van der Waals surface area (Å²) in [4.78, 5) is 19.4. The average Bonchev–Trinajstić information content (AvgIpc) is 2.96. The number of nitrogens with one attached hydrogen (secondary N) is 2. The number of carbonyl (C=O) groups is 1. The lowest BCUT2D eigenvalue weighted by Crippen LogP contribution is -2.28. The Morgan fingerprint density at radius 3 is 2.68 bits per heavy atom. The van der Waals surface area contributed by atoms with Gasteiger partial charge >= 0.3 is 6.18 Å². The molecule has 2 rings (SSSR count). The number of pyridine rings is 1. The molecule has 2 aromatic heterocycles. The first-order chi connectivity index (χ1) is 11.8. The van der Waals surface area contributed by atoms with Gasteiger partial charge in [0.05, 0.1) is 5.56 Å². The van der Waals surface area contributed by atoms with Crippen LogP contribution >= 0.6 is 0 Å². The van der Waals surface area contributed by atoms with Crippen molar-refractivity contribution in [2.24, 2.45) is 0 Å². The summed E-state index contributed by atoms with van der Waals surface area (Å²) in [5, 5.41) is 9.20. The number of anilines is 1. The molecule has 0 fully saturated rings. The van der Waals surface area contributed by atoms with Crippen molar-refractivity contribution in [2.75, 3.05) is 18.4 Å². The standard InChI is InChI=1S/C15H18F3N5O2/c1-10-22-14(25-23-10)4-2-3-13(24)20-8-7-19-12-6-5-11(9-21-12)15(16,17)18/h5-6,9H,2-4,7-8H2,1H3,(H,19,21)(H,20,24). The van der Waals surface area contributed by atoms with E-state index in [1.165, 1.54) is 6.07 Å². The Morgan fingerprint density at radius 1 is 1.28 bits per heavy atom. The van der Waals surface area contributed by atoms with Crippen LogP contribution in [0.3, 0.4) is 0 Å². The highest BCUT2D eigenvalue weighted by molar-refractivity contribution is 5.75. The number of amides is 1. The lowest BCUT2D eigenvalue weighted by molar-refractivity contribution is -0.137. The van der Waals surface area contributed by atoms with Crippen molar-refractivity contribution in [1.82, 2.24) is 20.4 Å². The summed E-state index contributed by atoms with van der Waals surface area (Å²) in [5.74, 6) is 1.25. The number of nitrogens with zero attached hydrogens (tertiary/aromatic N) is 3. The zero-order chi connectivity index (χ0) is 18.3. The quantitative estimate of drug-likeness (QED) is 0.705. The molecular formula is C15H18F3N5O2. The summed E-state index contributed by atoms with van der Waals surface area (Å²) in [6.07, 6.45) is -2.21. The van der Waals surface area contributed by atoms with Gasteiger partial charge in [-0.2, -0.15) is 18.2 Å². The molecule has 2 aromatic rings. The van der Waals surface area contributed by atoms with Crippen molar-refractivity contribution in [3.8, 4) is 0 Å². The normalized spacial score (nSPS) is 11.4. The van der Waals surface area contributed by atoms with Gasteiger partial charge < -0.3 is 15.2 Å². The van der Waals surface area contributed by atoms with Crippen molar-refractivity contribution in [1.29, 1.82) is 0 Å². The summed E-state index contributed by atoms with van der Waals surface area (Å²) < 4.78 is 42.2. The van der Waals surface area contributed by atoms with Gasteiger partial charge in [-0.1, -0.05) is 5.16 Å². The van der Waals surface area contributed by atoms with E-state index in [0.29, 0.717) is 49.9 Å². The number of rotatable bonds is 8. The predicted octanol–water partition coefficient (Wildman–Crippen LogP) is 2.34. The van der Waals surface area contributed by atoms with Crippen molar-refractivity contribution < 1.29 is 22.5 Å². The van der Waals surface area contributed by atoms with Crippen LogP contribution in [-0.2, 0) is 17.4 Å². The zero-order valence-electron chi connectivity index (χ0n) is 13.6. The fourth-order valence-corrected chi connectivity index (χ4v) is 1.99. The van der Waals surface area contributed by atoms with Gasteiger partial charge in [0.1, 0.15) is 5.82 Å². The third-order valence-corrected chi connectivity index (χ3v) is 3.21. The smallest absolute Gasteiger partial charge is 0.368 e. The van der Waals surface area contributed by atoms with E-state index in [0.717, 1.165) is 12.3 Å². The second kappa shape index (κ2) is 8.45. The van der Waals surface area contributed by atoms with E-state index in [9.17, 15) is 18.0 Å². The van der Waals surface area contributed by atoms with Crippen molar-refractivity contribution in [3.63, 3.8) is 0 Å². The fraction of sp³-hybridized carbons (Fsp3) is 0.467.